The first-order chi connectivity index (χ1) is 14.0. The number of phenolic OH excluding ortho intramolecular Hbond substituents is 1. The van der Waals surface area contributed by atoms with Crippen molar-refractivity contribution in [2.75, 3.05) is 0 Å². The molecule has 0 radical (unpaired) electrons. The van der Waals surface area contributed by atoms with Gasteiger partial charge in [-0.1, -0.05) is 12.1 Å². The number of benzene rings is 2. The molecule has 30 heavy (non-hydrogen) atoms. The van der Waals surface area contributed by atoms with E-state index < -0.39 is 29.2 Å². The first-order valence-corrected chi connectivity index (χ1v) is 9.00. The number of hydrogen-bond acceptors (Lipinski definition) is 6. The molecule has 0 amide bonds. The molecule has 0 aliphatic carbocycles. The van der Waals surface area contributed by atoms with Crippen molar-refractivity contribution >= 4 is 11.0 Å². The number of aromatic hydroxyl groups is 1. The van der Waals surface area contributed by atoms with E-state index in [0.29, 0.717) is 5.56 Å². The molecule has 1 aliphatic rings. The van der Waals surface area contributed by atoms with E-state index in [2.05, 4.69) is 4.74 Å². The fraction of sp³-hybridized carbons (Fsp3) is 0.286. The Morgan fingerprint density at radius 3 is 2.50 bits per heavy atom. The van der Waals surface area contributed by atoms with E-state index >= 15 is 0 Å². The van der Waals surface area contributed by atoms with Crippen LogP contribution in [0.1, 0.15) is 19.4 Å². The highest BCUT2D eigenvalue weighted by Crippen LogP contribution is 2.43. The van der Waals surface area contributed by atoms with Crippen LogP contribution in [0.3, 0.4) is 0 Å². The van der Waals surface area contributed by atoms with E-state index in [4.69, 9.17) is 9.15 Å². The molecule has 0 fully saturated rings. The van der Waals surface area contributed by atoms with Crippen LogP contribution in [0.2, 0.25) is 0 Å². The number of hydrogen-bond donors (Lipinski definition) is 2. The Labute approximate surface area is 168 Å². The second-order valence-electron chi connectivity index (χ2n) is 7.55. The predicted molar refractivity (Wildman–Crippen MR) is 101 cm³/mol. The van der Waals surface area contributed by atoms with Crippen molar-refractivity contribution in [2.24, 2.45) is 0 Å². The third-order valence-corrected chi connectivity index (χ3v) is 5.06. The van der Waals surface area contributed by atoms with Crippen LogP contribution in [0.5, 0.6) is 17.2 Å². The van der Waals surface area contributed by atoms with Crippen LogP contribution in [-0.2, 0) is 6.42 Å². The summed E-state index contributed by atoms with van der Waals surface area (Å²) in [7, 11) is 0. The molecular weight excluding hydrogens is 405 g/mol. The molecule has 4 rings (SSSR count). The molecule has 158 valence electrons. The Bertz CT molecular complexity index is 1180. The molecule has 1 unspecified atom stereocenters. The average Bonchev–Trinajstić information content (AvgIpc) is 2.63. The number of aliphatic hydroxyl groups is 1. The molecule has 3 aromatic rings. The highest BCUT2D eigenvalue weighted by atomic mass is 19.4. The van der Waals surface area contributed by atoms with Crippen LogP contribution in [0.25, 0.3) is 22.1 Å². The molecular formula is C21H17F3O6. The maximum atomic E-state index is 13.2. The van der Waals surface area contributed by atoms with Gasteiger partial charge in [-0.05, 0) is 31.5 Å². The summed E-state index contributed by atoms with van der Waals surface area (Å²) in [6.45, 7) is 3.31. The molecule has 1 atom stereocenters. The van der Waals surface area contributed by atoms with Gasteiger partial charge in [-0.3, -0.25) is 4.79 Å². The largest absolute Gasteiger partial charge is 0.573 e. The van der Waals surface area contributed by atoms with E-state index in [1.54, 1.807) is 13.8 Å². The summed E-state index contributed by atoms with van der Waals surface area (Å²) >= 11 is 0. The van der Waals surface area contributed by atoms with Crippen molar-refractivity contribution in [3.63, 3.8) is 0 Å². The van der Waals surface area contributed by atoms with Gasteiger partial charge in [0, 0.05) is 18.1 Å². The van der Waals surface area contributed by atoms with Crippen LogP contribution in [0.4, 0.5) is 13.2 Å². The molecule has 1 aromatic heterocycles. The predicted octanol–water partition coefficient (Wildman–Crippen LogP) is 4.14. The highest BCUT2D eigenvalue weighted by Gasteiger charge is 2.39. The Morgan fingerprint density at radius 2 is 1.87 bits per heavy atom. The number of rotatable bonds is 2. The average molecular weight is 422 g/mol. The van der Waals surface area contributed by atoms with Crippen LogP contribution in [0.15, 0.2) is 45.8 Å². The lowest BCUT2D eigenvalue weighted by Gasteiger charge is -2.37. The summed E-state index contributed by atoms with van der Waals surface area (Å²) in [5.74, 6) is -0.470. The van der Waals surface area contributed by atoms with Gasteiger partial charge in [-0.25, -0.2) is 0 Å². The molecule has 2 N–H and O–H groups in total. The van der Waals surface area contributed by atoms with E-state index in [-0.39, 0.29) is 40.0 Å². The molecule has 0 saturated heterocycles. The number of phenols is 1. The minimum absolute atomic E-state index is 0.0795. The van der Waals surface area contributed by atoms with Crippen LogP contribution >= 0.6 is 0 Å². The number of fused-ring (bicyclic) bond motifs is 3. The Kier molecular flexibility index (Phi) is 4.46. The molecule has 0 spiro atoms. The molecule has 0 bridgehead atoms. The van der Waals surface area contributed by atoms with Crippen molar-refractivity contribution in [1.29, 1.82) is 0 Å². The second kappa shape index (κ2) is 6.66. The monoisotopic (exact) mass is 422 g/mol. The van der Waals surface area contributed by atoms with Gasteiger partial charge >= 0.3 is 6.36 Å². The van der Waals surface area contributed by atoms with Crippen molar-refractivity contribution in [2.45, 2.75) is 38.3 Å². The summed E-state index contributed by atoms with van der Waals surface area (Å²) in [5.41, 5.74) is -0.702. The maximum absolute atomic E-state index is 13.2. The van der Waals surface area contributed by atoms with Crippen molar-refractivity contribution in [1.82, 2.24) is 0 Å². The van der Waals surface area contributed by atoms with Crippen molar-refractivity contribution < 1.29 is 37.3 Å². The van der Waals surface area contributed by atoms with Gasteiger partial charge in [0.15, 0.2) is 0 Å². The topological polar surface area (TPSA) is 89.1 Å². The zero-order valence-corrected chi connectivity index (χ0v) is 15.9. The van der Waals surface area contributed by atoms with E-state index in [9.17, 15) is 28.2 Å². The Morgan fingerprint density at radius 1 is 1.20 bits per heavy atom. The summed E-state index contributed by atoms with van der Waals surface area (Å²) in [6.07, 6.45) is -4.47. The number of aliphatic hydroxyl groups excluding tert-OH is 1. The maximum Gasteiger partial charge on any atom is 0.573 e. The normalized spacial score (nSPS) is 18.0. The summed E-state index contributed by atoms with van der Waals surface area (Å²) in [5, 5.41) is 20.6. The van der Waals surface area contributed by atoms with Crippen molar-refractivity contribution in [3.8, 4) is 28.4 Å². The quantitative estimate of drug-likeness (QED) is 0.645. The van der Waals surface area contributed by atoms with Gasteiger partial charge in [0.2, 0.25) is 5.43 Å². The first kappa shape index (κ1) is 20.1. The lowest BCUT2D eigenvalue weighted by Crippen LogP contribution is -2.46. The summed E-state index contributed by atoms with van der Waals surface area (Å²) in [4.78, 5) is 13.2. The van der Waals surface area contributed by atoms with Crippen LogP contribution in [0, 0.1) is 0 Å². The van der Waals surface area contributed by atoms with Gasteiger partial charge in [0.05, 0.1) is 11.7 Å². The molecule has 2 heterocycles. The number of alkyl halides is 3. The third-order valence-electron chi connectivity index (χ3n) is 5.06. The fourth-order valence-electron chi connectivity index (χ4n) is 3.40. The lowest BCUT2D eigenvalue weighted by molar-refractivity contribution is -0.274. The zero-order valence-electron chi connectivity index (χ0n) is 15.9. The highest BCUT2D eigenvalue weighted by molar-refractivity contribution is 5.90. The standard InChI is InChI=1S/C21H17F3O6/c1-20(2)16(26)7-12-14(25)8-15-17(19(12)30-20)18(27)13(9-28-15)10-3-5-11(6-4-10)29-21(22,23)24/h3-6,8-9,16,25-26H,7H2,1-2H3. The van der Waals surface area contributed by atoms with Crippen LogP contribution < -0.4 is 14.9 Å². The second-order valence-corrected chi connectivity index (χ2v) is 7.55. The van der Waals surface area contributed by atoms with E-state index in [1.807, 2.05) is 0 Å². The van der Waals surface area contributed by atoms with Crippen LogP contribution in [-0.4, -0.2) is 28.3 Å². The summed E-state index contributed by atoms with van der Waals surface area (Å²) in [6, 6.07) is 6.07. The zero-order chi connectivity index (χ0) is 21.8. The minimum atomic E-state index is -4.82. The molecule has 9 heteroatoms. The van der Waals surface area contributed by atoms with E-state index in [1.165, 1.54) is 24.5 Å². The molecule has 1 aliphatic heterocycles. The van der Waals surface area contributed by atoms with Gasteiger partial charge in [-0.2, -0.15) is 0 Å². The minimum Gasteiger partial charge on any atom is -0.507 e. The third kappa shape index (κ3) is 3.45. The molecule has 2 aromatic carbocycles. The SMILES string of the molecule is CC1(C)Oc2c(c(O)cc3occ(-c4ccc(OC(F)(F)F)cc4)c(=O)c23)CC1O. The molecule has 6 nitrogen and oxygen atoms in total. The fourth-order valence-corrected chi connectivity index (χ4v) is 3.40. The van der Waals surface area contributed by atoms with Gasteiger partial charge in [0.1, 0.15) is 40.1 Å². The van der Waals surface area contributed by atoms with Gasteiger partial charge in [-0.15, -0.1) is 13.2 Å². The first-order valence-electron chi connectivity index (χ1n) is 9.00. The Balaban J connectivity index is 1.85. The van der Waals surface area contributed by atoms with Crippen molar-refractivity contribution in [3.05, 3.63) is 52.4 Å². The number of ether oxygens (including phenoxy) is 2. The Hall–Kier alpha value is -3.20. The smallest absolute Gasteiger partial charge is 0.507 e. The lowest BCUT2D eigenvalue weighted by atomic mass is 9.89. The number of halogens is 3. The van der Waals surface area contributed by atoms with E-state index in [0.717, 1.165) is 12.1 Å². The van der Waals surface area contributed by atoms with Gasteiger partial charge < -0.3 is 24.1 Å². The van der Waals surface area contributed by atoms with Gasteiger partial charge in [0.25, 0.3) is 0 Å². The summed E-state index contributed by atoms with van der Waals surface area (Å²) < 4.78 is 52.3. The molecule has 0 saturated carbocycles.